The van der Waals surface area contributed by atoms with Gasteiger partial charge in [0.25, 0.3) is 0 Å². The zero-order valence-electron chi connectivity index (χ0n) is 11.7. The summed E-state index contributed by atoms with van der Waals surface area (Å²) in [5.74, 6) is 0. The van der Waals surface area contributed by atoms with Gasteiger partial charge in [0, 0.05) is 52.8 Å². The molecule has 18 heavy (non-hydrogen) atoms. The molecular weight excluding hydrogens is 242 g/mol. The van der Waals surface area contributed by atoms with Crippen molar-refractivity contribution in [3.05, 3.63) is 23.0 Å². The first-order chi connectivity index (χ1) is 8.51. The molecule has 1 aliphatic heterocycles. The molecule has 100 valence electrons. The van der Waals surface area contributed by atoms with Crippen LogP contribution in [0.1, 0.15) is 30.8 Å². The van der Waals surface area contributed by atoms with Gasteiger partial charge in [0.15, 0.2) is 0 Å². The fraction of sp³-hybridized carbons (Fsp3) is 0.643. The van der Waals surface area contributed by atoms with E-state index in [1.165, 1.54) is 11.3 Å². The van der Waals surface area contributed by atoms with E-state index in [9.17, 15) is 0 Å². The van der Waals surface area contributed by atoms with Crippen LogP contribution in [-0.4, -0.2) is 28.6 Å². The number of pyridine rings is 1. The van der Waals surface area contributed by atoms with Crippen molar-refractivity contribution in [1.82, 2.24) is 4.98 Å². The Morgan fingerprint density at radius 2 is 1.94 bits per heavy atom. The molecule has 2 atom stereocenters. The molecule has 2 unspecified atom stereocenters. The number of aryl methyl sites for hydroxylation is 2. The molecule has 1 saturated heterocycles. The molecule has 1 fully saturated rings. The summed E-state index contributed by atoms with van der Waals surface area (Å²) >= 11 is 2.07. The number of aromatic nitrogens is 1. The van der Waals surface area contributed by atoms with Gasteiger partial charge in [0.1, 0.15) is 0 Å². The van der Waals surface area contributed by atoms with Gasteiger partial charge in [-0.15, -0.1) is 0 Å². The van der Waals surface area contributed by atoms with E-state index in [2.05, 4.69) is 55.4 Å². The molecule has 0 amide bonds. The van der Waals surface area contributed by atoms with Crippen LogP contribution in [-0.2, 0) is 6.54 Å². The molecule has 2 rings (SSSR count). The van der Waals surface area contributed by atoms with Crippen LogP contribution >= 0.6 is 11.8 Å². The number of rotatable bonds is 2. The van der Waals surface area contributed by atoms with Gasteiger partial charge in [-0.05, 0) is 19.9 Å². The molecule has 1 aromatic rings. The molecule has 3 nitrogen and oxygen atoms in total. The van der Waals surface area contributed by atoms with Crippen LogP contribution < -0.4 is 10.6 Å². The third kappa shape index (κ3) is 2.81. The fourth-order valence-electron chi connectivity index (χ4n) is 2.74. The summed E-state index contributed by atoms with van der Waals surface area (Å²) in [7, 11) is 0. The van der Waals surface area contributed by atoms with Gasteiger partial charge in [-0.25, -0.2) is 0 Å². The maximum absolute atomic E-state index is 5.91. The molecule has 2 heterocycles. The summed E-state index contributed by atoms with van der Waals surface area (Å²) in [6, 6.07) is 2.19. The summed E-state index contributed by atoms with van der Waals surface area (Å²) in [5, 5.41) is 1.35. The SMILES string of the molecule is Cc1cc(N2CC(C)SC(C)C2)c(CN)c(C)n1. The number of nitrogens with zero attached hydrogens (tertiary/aromatic N) is 2. The van der Waals surface area contributed by atoms with Crippen LogP contribution in [0.4, 0.5) is 5.69 Å². The molecule has 0 radical (unpaired) electrons. The van der Waals surface area contributed by atoms with Gasteiger partial charge < -0.3 is 10.6 Å². The van der Waals surface area contributed by atoms with Crippen molar-refractivity contribution in [1.29, 1.82) is 0 Å². The second kappa shape index (κ2) is 5.49. The lowest BCUT2D eigenvalue weighted by Crippen LogP contribution is -2.41. The molecule has 0 aliphatic carbocycles. The molecule has 1 aliphatic rings. The van der Waals surface area contributed by atoms with Gasteiger partial charge in [0.05, 0.1) is 0 Å². The minimum atomic E-state index is 0.570. The lowest BCUT2D eigenvalue weighted by Gasteiger charge is -2.37. The van der Waals surface area contributed by atoms with Crippen LogP contribution in [0.3, 0.4) is 0 Å². The van der Waals surface area contributed by atoms with Gasteiger partial charge >= 0.3 is 0 Å². The monoisotopic (exact) mass is 265 g/mol. The van der Waals surface area contributed by atoms with Gasteiger partial charge in [-0.1, -0.05) is 13.8 Å². The van der Waals surface area contributed by atoms with Crippen LogP contribution in [0.5, 0.6) is 0 Å². The largest absolute Gasteiger partial charge is 0.369 e. The van der Waals surface area contributed by atoms with Crippen LogP contribution in [0.15, 0.2) is 6.07 Å². The Bertz CT molecular complexity index is 423. The van der Waals surface area contributed by atoms with Gasteiger partial charge in [-0.2, -0.15) is 11.8 Å². The summed E-state index contributed by atoms with van der Waals surface area (Å²) in [4.78, 5) is 7.01. The van der Waals surface area contributed by atoms with Crippen molar-refractivity contribution in [2.24, 2.45) is 5.73 Å². The lowest BCUT2D eigenvalue weighted by molar-refractivity contribution is 0.721. The van der Waals surface area contributed by atoms with Gasteiger partial charge in [0.2, 0.25) is 0 Å². The Morgan fingerprint density at radius 1 is 1.33 bits per heavy atom. The molecule has 2 N–H and O–H groups in total. The summed E-state index contributed by atoms with van der Waals surface area (Å²) in [6.07, 6.45) is 0. The highest BCUT2D eigenvalue weighted by atomic mass is 32.2. The van der Waals surface area contributed by atoms with Gasteiger partial charge in [-0.3, -0.25) is 4.98 Å². The second-order valence-corrected chi connectivity index (χ2v) is 7.09. The quantitative estimate of drug-likeness (QED) is 0.892. The first kappa shape index (κ1) is 13.7. The van der Waals surface area contributed by atoms with E-state index in [4.69, 9.17) is 5.73 Å². The molecule has 0 spiro atoms. The minimum absolute atomic E-state index is 0.570. The number of anilines is 1. The molecule has 0 bridgehead atoms. The summed E-state index contributed by atoms with van der Waals surface area (Å²) < 4.78 is 0. The molecule has 4 heteroatoms. The summed E-state index contributed by atoms with van der Waals surface area (Å²) in [5.41, 5.74) is 10.6. The van der Waals surface area contributed by atoms with Crippen molar-refractivity contribution in [2.45, 2.75) is 44.7 Å². The average molecular weight is 265 g/mol. The number of hydrogen-bond donors (Lipinski definition) is 1. The first-order valence-electron chi connectivity index (χ1n) is 6.59. The third-order valence-electron chi connectivity index (χ3n) is 3.40. The number of nitrogens with two attached hydrogens (primary N) is 1. The Labute approximate surface area is 114 Å². The lowest BCUT2D eigenvalue weighted by atomic mass is 10.1. The maximum atomic E-state index is 5.91. The maximum Gasteiger partial charge on any atom is 0.0448 e. The number of hydrogen-bond acceptors (Lipinski definition) is 4. The topological polar surface area (TPSA) is 42.1 Å². The third-order valence-corrected chi connectivity index (χ3v) is 4.63. The predicted octanol–water partition coefficient (Wildman–Crippen LogP) is 2.49. The van der Waals surface area contributed by atoms with E-state index < -0.39 is 0 Å². The fourth-order valence-corrected chi connectivity index (χ4v) is 4.07. The standard InChI is InChI=1S/C14H23N3S/c1-9-5-14(13(6-15)12(4)16-9)17-7-10(2)18-11(3)8-17/h5,10-11H,6-8,15H2,1-4H3. The van der Waals surface area contributed by atoms with Crippen molar-refractivity contribution >= 4 is 17.4 Å². The predicted molar refractivity (Wildman–Crippen MR) is 80.3 cm³/mol. The van der Waals surface area contributed by atoms with E-state index in [0.717, 1.165) is 24.5 Å². The van der Waals surface area contributed by atoms with Crippen molar-refractivity contribution in [3.8, 4) is 0 Å². The smallest absolute Gasteiger partial charge is 0.0448 e. The molecule has 1 aromatic heterocycles. The molecular formula is C14H23N3S. The minimum Gasteiger partial charge on any atom is -0.369 e. The highest BCUT2D eigenvalue weighted by Gasteiger charge is 2.24. The van der Waals surface area contributed by atoms with Crippen LogP contribution in [0, 0.1) is 13.8 Å². The van der Waals surface area contributed by atoms with Crippen molar-refractivity contribution in [3.63, 3.8) is 0 Å². The van der Waals surface area contributed by atoms with E-state index in [-0.39, 0.29) is 0 Å². The Hall–Kier alpha value is -0.740. The highest BCUT2D eigenvalue weighted by Crippen LogP contribution is 2.31. The van der Waals surface area contributed by atoms with Crippen molar-refractivity contribution in [2.75, 3.05) is 18.0 Å². The zero-order chi connectivity index (χ0) is 13.3. The zero-order valence-corrected chi connectivity index (χ0v) is 12.5. The normalized spacial score (nSPS) is 24.4. The highest BCUT2D eigenvalue weighted by molar-refractivity contribution is 8.00. The summed E-state index contributed by atoms with van der Waals surface area (Å²) in [6.45, 7) is 11.5. The van der Waals surface area contributed by atoms with Crippen molar-refractivity contribution < 1.29 is 0 Å². The molecule has 0 saturated carbocycles. The van der Waals surface area contributed by atoms with Crippen LogP contribution in [0.2, 0.25) is 0 Å². The van der Waals surface area contributed by atoms with E-state index >= 15 is 0 Å². The Morgan fingerprint density at radius 3 is 2.50 bits per heavy atom. The van der Waals surface area contributed by atoms with E-state index in [1.807, 2.05) is 0 Å². The first-order valence-corrected chi connectivity index (χ1v) is 7.53. The number of thioether (sulfide) groups is 1. The second-order valence-electron chi connectivity index (χ2n) is 5.21. The Kier molecular flexibility index (Phi) is 4.17. The average Bonchev–Trinajstić information content (AvgIpc) is 2.26. The van der Waals surface area contributed by atoms with E-state index in [0.29, 0.717) is 17.0 Å². The van der Waals surface area contributed by atoms with Crippen LogP contribution in [0.25, 0.3) is 0 Å². The van der Waals surface area contributed by atoms with E-state index in [1.54, 1.807) is 0 Å². The molecule has 0 aromatic carbocycles. The Balaban J connectivity index is 2.37.